The number of piperidine rings is 1. The van der Waals surface area contributed by atoms with Crippen molar-refractivity contribution in [1.82, 2.24) is 4.90 Å². The third-order valence-electron chi connectivity index (χ3n) is 6.68. The van der Waals surface area contributed by atoms with Crippen LogP contribution in [-0.4, -0.2) is 56.6 Å². The smallest absolute Gasteiger partial charge is 0.164 e. The van der Waals surface area contributed by atoms with Crippen LogP contribution in [0, 0.1) is 6.92 Å². The molecule has 3 unspecified atom stereocenters. The minimum atomic E-state index is -0.910. The molecule has 0 aromatic heterocycles. The van der Waals surface area contributed by atoms with Crippen LogP contribution in [0.25, 0.3) is 0 Å². The van der Waals surface area contributed by atoms with Gasteiger partial charge in [-0.25, -0.2) is 0 Å². The van der Waals surface area contributed by atoms with Crippen LogP contribution in [0.5, 0.6) is 11.5 Å². The minimum absolute atomic E-state index is 0.0150. The normalized spacial score (nSPS) is 31.8. The summed E-state index contributed by atoms with van der Waals surface area (Å²) in [7, 11) is 7.11. The van der Waals surface area contributed by atoms with Crippen LogP contribution >= 0.6 is 0 Å². The quantitative estimate of drug-likeness (QED) is 0.893. The lowest BCUT2D eigenvalue weighted by molar-refractivity contribution is -0.134. The fourth-order valence-corrected chi connectivity index (χ4v) is 4.99. The van der Waals surface area contributed by atoms with Gasteiger partial charge in [0.15, 0.2) is 11.5 Å². The molecule has 1 heterocycles. The Morgan fingerprint density at radius 2 is 1.88 bits per heavy atom. The molecule has 1 aliphatic heterocycles. The first-order valence-corrected chi connectivity index (χ1v) is 9.22. The molecule has 1 saturated heterocycles. The van der Waals surface area contributed by atoms with Gasteiger partial charge in [0.1, 0.15) is 0 Å². The molecule has 3 rings (SSSR count). The number of rotatable bonds is 4. The third-order valence-corrected chi connectivity index (χ3v) is 6.68. The molecule has 26 heavy (non-hydrogen) atoms. The molecule has 0 amide bonds. The van der Waals surface area contributed by atoms with Crippen LogP contribution < -0.4 is 9.47 Å². The van der Waals surface area contributed by atoms with Gasteiger partial charge in [-0.05, 0) is 51.6 Å². The zero-order chi connectivity index (χ0) is 19.1. The summed E-state index contributed by atoms with van der Waals surface area (Å²) in [6.07, 6.45) is 4.08. The Morgan fingerprint density at radius 1 is 1.15 bits per heavy atom. The maximum atomic E-state index is 12.0. The zero-order valence-electron chi connectivity index (χ0n) is 16.8. The largest absolute Gasteiger partial charge is 0.501 e. The van der Waals surface area contributed by atoms with E-state index in [1.165, 1.54) is 0 Å². The molecule has 0 spiro atoms. The van der Waals surface area contributed by atoms with Crippen molar-refractivity contribution in [3.05, 3.63) is 35.1 Å². The highest BCUT2D eigenvalue weighted by Gasteiger charge is 2.60. The summed E-state index contributed by atoms with van der Waals surface area (Å²) >= 11 is 0. The van der Waals surface area contributed by atoms with Gasteiger partial charge in [0, 0.05) is 29.9 Å². The fraction of sp³-hybridized carbons (Fsp3) is 0.619. The second-order valence-electron chi connectivity index (χ2n) is 7.66. The molecule has 3 atom stereocenters. The Kier molecular flexibility index (Phi) is 4.97. The van der Waals surface area contributed by atoms with Crippen LogP contribution in [0.1, 0.15) is 37.3 Å². The van der Waals surface area contributed by atoms with Crippen LogP contribution in [0.15, 0.2) is 24.0 Å². The molecule has 1 aromatic rings. The number of aryl methyl sites for hydroxylation is 1. The SMILES string of the molecule is COC1=CCC2(O)C(C)N(C)CCC2(c2c(C)ccc(OC)c2OC)C1. The molecule has 0 saturated carbocycles. The van der Waals surface area contributed by atoms with Gasteiger partial charge in [-0.1, -0.05) is 6.07 Å². The van der Waals surface area contributed by atoms with E-state index in [1.807, 2.05) is 12.1 Å². The van der Waals surface area contributed by atoms with Gasteiger partial charge in [0.05, 0.1) is 32.7 Å². The summed E-state index contributed by atoms with van der Waals surface area (Å²) < 4.78 is 17.0. The molecular weight excluding hydrogens is 330 g/mol. The third kappa shape index (κ3) is 2.52. The van der Waals surface area contributed by atoms with E-state index in [1.54, 1.807) is 21.3 Å². The van der Waals surface area contributed by atoms with Gasteiger partial charge < -0.3 is 24.2 Å². The first kappa shape index (κ1) is 19.1. The van der Waals surface area contributed by atoms with Crippen LogP contribution in [0.4, 0.5) is 0 Å². The van der Waals surface area contributed by atoms with Crippen molar-refractivity contribution in [2.75, 3.05) is 34.9 Å². The molecule has 144 valence electrons. The Balaban J connectivity index is 2.30. The topological polar surface area (TPSA) is 51.2 Å². The summed E-state index contributed by atoms with van der Waals surface area (Å²) in [6.45, 7) is 5.10. The number of allylic oxidation sites excluding steroid dienone is 1. The highest BCUT2D eigenvalue weighted by Crippen LogP contribution is 2.57. The number of ether oxygens (including phenoxy) is 3. The van der Waals surface area contributed by atoms with Crippen molar-refractivity contribution in [3.63, 3.8) is 0 Å². The van der Waals surface area contributed by atoms with Crippen LogP contribution in [0.3, 0.4) is 0 Å². The highest BCUT2D eigenvalue weighted by molar-refractivity contribution is 5.57. The Bertz CT molecular complexity index is 716. The van der Waals surface area contributed by atoms with E-state index in [-0.39, 0.29) is 6.04 Å². The number of aliphatic hydroxyl groups is 1. The maximum absolute atomic E-state index is 12.0. The van der Waals surface area contributed by atoms with E-state index in [2.05, 4.69) is 31.9 Å². The molecule has 5 heteroatoms. The number of benzene rings is 1. The first-order chi connectivity index (χ1) is 12.3. The van der Waals surface area contributed by atoms with Crippen molar-refractivity contribution < 1.29 is 19.3 Å². The molecule has 5 nitrogen and oxygen atoms in total. The number of hydrogen-bond acceptors (Lipinski definition) is 5. The van der Waals surface area contributed by atoms with Gasteiger partial charge >= 0.3 is 0 Å². The summed E-state index contributed by atoms with van der Waals surface area (Å²) in [4.78, 5) is 2.24. The summed E-state index contributed by atoms with van der Waals surface area (Å²) in [5.74, 6) is 2.35. The molecule has 1 fully saturated rings. The fourth-order valence-electron chi connectivity index (χ4n) is 4.99. The number of fused-ring (bicyclic) bond motifs is 1. The number of nitrogens with zero attached hydrogens (tertiary/aromatic N) is 1. The number of likely N-dealkylation sites (tertiary alicyclic amines) is 1. The molecule has 0 radical (unpaired) electrons. The molecule has 1 aliphatic carbocycles. The summed E-state index contributed by atoms with van der Waals surface area (Å²) in [6, 6.07) is 4.00. The van der Waals surface area contributed by atoms with Crippen molar-refractivity contribution in [2.45, 2.75) is 50.2 Å². The van der Waals surface area contributed by atoms with Gasteiger partial charge in [0.25, 0.3) is 0 Å². The number of hydrogen-bond donors (Lipinski definition) is 1. The van der Waals surface area contributed by atoms with Crippen molar-refractivity contribution in [2.24, 2.45) is 0 Å². The molecule has 2 aliphatic rings. The average molecular weight is 361 g/mol. The van der Waals surface area contributed by atoms with E-state index >= 15 is 0 Å². The molecule has 1 N–H and O–H groups in total. The minimum Gasteiger partial charge on any atom is -0.501 e. The number of methoxy groups -OCH3 is 3. The van der Waals surface area contributed by atoms with Gasteiger partial charge in [-0.15, -0.1) is 0 Å². The monoisotopic (exact) mass is 361 g/mol. The van der Waals surface area contributed by atoms with Crippen LogP contribution in [-0.2, 0) is 10.2 Å². The van der Waals surface area contributed by atoms with E-state index in [0.29, 0.717) is 18.6 Å². The van der Waals surface area contributed by atoms with E-state index in [0.717, 1.165) is 35.6 Å². The van der Waals surface area contributed by atoms with Gasteiger partial charge in [-0.2, -0.15) is 0 Å². The van der Waals surface area contributed by atoms with E-state index < -0.39 is 11.0 Å². The Hall–Kier alpha value is -1.72. The lowest BCUT2D eigenvalue weighted by atomic mass is 9.54. The molecular formula is C21H31NO4. The van der Waals surface area contributed by atoms with Crippen molar-refractivity contribution in [3.8, 4) is 11.5 Å². The van der Waals surface area contributed by atoms with Crippen LogP contribution in [0.2, 0.25) is 0 Å². The lowest BCUT2D eigenvalue weighted by Crippen LogP contribution is -2.68. The predicted molar refractivity (Wildman–Crippen MR) is 102 cm³/mol. The number of likely N-dealkylation sites (N-methyl/N-ethyl adjacent to an activating group) is 1. The van der Waals surface area contributed by atoms with E-state index in [4.69, 9.17) is 14.2 Å². The van der Waals surface area contributed by atoms with Crippen molar-refractivity contribution in [1.29, 1.82) is 0 Å². The predicted octanol–water partition coefficient (Wildman–Crippen LogP) is 3.03. The molecule has 0 bridgehead atoms. The second-order valence-corrected chi connectivity index (χ2v) is 7.66. The lowest BCUT2D eigenvalue weighted by Gasteiger charge is -2.59. The average Bonchev–Trinajstić information content (AvgIpc) is 2.65. The summed E-state index contributed by atoms with van der Waals surface area (Å²) in [5, 5.41) is 12.0. The van der Waals surface area contributed by atoms with E-state index in [9.17, 15) is 5.11 Å². The standard InChI is InChI=1S/C21H31NO4/c1-14-7-8-17(25-5)19(26-6)18(14)20-11-12-22(3)15(2)21(20,23)10-9-16(13-20)24-4/h7-9,15,23H,10-13H2,1-6H3. The summed E-state index contributed by atoms with van der Waals surface area (Å²) in [5.41, 5.74) is 0.759. The highest BCUT2D eigenvalue weighted by atomic mass is 16.5. The molecule has 1 aromatic carbocycles. The second kappa shape index (κ2) is 6.78. The van der Waals surface area contributed by atoms with Gasteiger partial charge in [-0.3, -0.25) is 0 Å². The van der Waals surface area contributed by atoms with Gasteiger partial charge in [0.2, 0.25) is 0 Å². The zero-order valence-corrected chi connectivity index (χ0v) is 16.8. The Morgan fingerprint density at radius 3 is 2.50 bits per heavy atom. The first-order valence-electron chi connectivity index (χ1n) is 9.22. The Labute approximate surface area is 156 Å². The van der Waals surface area contributed by atoms with Crippen molar-refractivity contribution >= 4 is 0 Å². The maximum Gasteiger partial charge on any atom is 0.164 e.